The minimum atomic E-state index is -0.669. The van der Waals surface area contributed by atoms with Gasteiger partial charge in [-0.3, -0.25) is 44.0 Å². The van der Waals surface area contributed by atoms with Crippen molar-refractivity contribution >= 4 is 73.8 Å². The van der Waals surface area contributed by atoms with Crippen molar-refractivity contribution in [2.45, 2.75) is 32.5 Å². The van der Waals surface area contributed by atoms with E-state index >= 15 is 0 Å². The molecule has 2 aliphatic heterocycles. The van der Waals surface area contributed by atoms with Gasteiger partial charge in [-0.25, -0.2) is 19.2 Å². The number of amides is 1. The van der Waals surface area contributed by atoms with E-state index in [2.05, 4.69) is 22.2 Å². The van der Waals surface area contributed by atoms with Gasteiger partial charge < -0.3 is 82.6 Å². The van der Waals surface area contributed by atoms with Gasteiger partial charge >= 0.3 is 35.0 Å². The topological polar surface area (TPSA) is 411 Å². The van der Waals surface area contributed by atoms with Gasteiger partial charge in [0.15, 0.2) is 22.5 Å². The van der Waals surface area contributed by atoms with Crippen LogP contribution in [0.5, 0.6) is 51.7 Å². The highest BCUT2D eigenvalue weighted by Crippen LogP contribution is 2.32. The summed E-state index contributed by atoms with van der Waals surface area (Å²) in [4.78, 5) is 84.0. The number of nitrogens with one attached hydrogen (secondary N) is 1. The molecular formula is C77H80N10O22. The van der Waals surface area contributed by atoms with Crippen LogP contribution in [0.15, 0.2) is 210 Å². The van der Waals surface area contributed by atoms with Gasteiger partial charge in [0.05, 0.1) is 113 Å². The normalized spacial score (nSPS) is 12.1. The smallest absolute Gasteiger partial charge is 0.420 e. The van der Waals surface area contributed by atoms with E-state index in [1.807, 2.05) is 48.5 Å². The summed E-state index contributed by atoms with van der Waals surface area (Å²) in [7, 11) is 11.4. The summed E-state index contributed by atoms with van der Waals surface area (Å²) < 4.78 is 60.7. The number of nitrogens with two attached hydrogens (primary N) is 2. The largest absolute Gasteiger partial charge is 0.506 e. The lowest BCUT2D eigenvalue weighted by Crippen LogP contribution is -2.44. The Hall–Kier alpha value is -13.8. The van der Waals surface area contributed by atoms with Gasteiger partial charge in [0.25, 0.3) is 5.69 Å². The van der Waals surface area contributed by atoms with Crippen LogP contribution in [0.1, 0.15) is 28.7 Å². The molecule has 5 heterocycles. The van der Waals surface area contributed by atoms with Crippen molar-refractivity contribution in [2.75, 3.05) is 106 Å². The predicted octanol–water partition coefficient (Wildman–Crippen LogP) is 11.1. The van der Waals surface area contributed by atoms with E-state index in [1.54, 1.807) is 130 Å². The number of benzene rings is 9. The average molecular weight is 1500 g/mol. The lowest BCUT2D eigenvalue weighted by molar-refractivity contribution is -0.386. The molecule has 14 rings (SSSR count). The van der Waals surface area contributed by atoms with Gasteiger partial charge in [-0.1, -0.05) is 36.4 Å². The predicted molar refractivity (Wildman–Crippen MR) is 405 cm³/mol. The third-order valence-electron chi connectivity index (χ3n) is 16.8. The Morgan fingerprint density at radius 3 is 1.46 bits per heavy atom. The summed E-state index contributed by atoms with van der Waals surface area (Å²) in [5.74, 6) is 2.49. The Morgan fingerprint density at radius 2 is 0.963 bits per heavy atom. The van der Waals surface area contributed by atoms with Crippen LogP contribution >= 0.6 is 0 Å². The number of oxazole rings is 3. The molecule has 32 nitrogen and oxygen atoms in total. The minimum absolute atomic E-state index is 0.0177. The zero-order chi connectivity index (χ0) is 78.3. The number of likely N-dealkylation sites (N-methyl/N-ethyl adjacent to an activating group) is 1. The molecule has 1 amide bonds. The number of methoxy groups -OCH3 is 6. The molecule has 0 radical (unpaired) electrons. The number of ether oxygens (including phenoxy) is 8. The fourth-order valence-corrected chi connectivity index (χ4v) is 11.1. The first-order valence-corrected chi connectivity index (χ1v) is 33.5. The number of aromatic hydroxyl groups is 2. The first-order chi connectivity index (χ1) is 52.4. The number of anilines is 3. The van der Waals surface area contributed by atoms with E-state index in [0.29, 0.717) is 117 Å². The van der Waals surface area contributed by atoms with Crippen molar-refractivity contribution in [3.05, 3.63) is 256 Å². The van der Waals surface area contributed by atoms with Crippen molar-refractivity contribution in [3.63, 3.8) is 0 Å². The molecule has 9 aromatic carbocycles. The maximum absolute atomic E-state index is 12.3. The van der Waals surface area contributed by atoms with Gasteiger partial charge in [-0.15, -0.1) is 0 Å². The number of phenols is 2. The Labute approximate surface area is 621 Å². The molecule has 7 N–H and O–H groups in total. The molecule has 0 saturated carbocycles. The van der Waals surface area contributed by atoms with Gasteiger partial charge in [0, 0.05) is 86.1 Å². The number of phenolic OH excluding ortho intramolecular Hbond substituents is 2. The maximum Gasteiger partial charge on any atom is 0.420 e. The highest BCUT2D eigenvalue weighted by molar-refractivity contribution is 5.85. The Balaban J connectivity index is 0.000000159. The lowest BCUT2D eigenvalue weighted by Gasteiger charge is -2.32. The van der Waals surface area contributed by atoms with E-state index in [0.717, 1.165) is 67.7 Å². The van der Waals surface area contributed by atoms with Crippen molar-refractivity contribution in [1.29, 1.82) is 0 Å². The van der Waals surface area contributed by atoms with E-state index in [4.69, 9.17) is 72.8 Å². The second kappa shape index (κ2) is 37.8. The molecule has 1 saturated heterocycles. The molecule has 0 aliphatic carbocycles. The van der Waals surface area contributed by atoms with Crippen molar-refractivity contribution in [1.82, 2.24) is 23.5 Å². The van der Waals surface area contributed by atoms with Crippen LogP contribution in [-0.2, 0) is 35.6 Å². The average Bonchev–Trinajstić information content (AvgIpc) is 1.67. The molecule has 32 heteroatoms. The first-order valence-electron chi connectivity index (χ1n) is 33.5. The molecule has 0 spiro atoms. The number of carbonyl (C=O) groups is 2. The summed E-state index contributed by atoms with van der Waals surface area (Å²) in [5, 5.41) is 41.8. The number of esters is 1. The Kier molecular flexibility index (Phi) is 27.5. The quantitative estimate of drug-likeness (QED) is 0.00954. The van der Waals surface area contributed by atoms with E-state index in [1.165, 1.54) is 53.7 Å². The number of non-ortho nitro benzene ring substituents is 1. The van der Waals surface area contributed by atoms with Crippen molar-refractivity contribution < 1.29 is 80.8 Å². The molecule has 3 aromatic heterocycles. The van der Waals surface area contributed by atoms with Gasteiger partial charge in [-0.05, 0) is 133 Å². The van der Waals surface area contributed by atoms with Crippen LogP contribution in [0.4, 0.5) is 33.2 Å². The van der Waals surface area contributed by atoms with Crippen LogP contribution in [0.3, 0.4) is 0 Å². The van der Waals surface area contributed by atoms with E-state index < -0.39 is 33.2 Å². The summed E-state index contributed by atoms with van der Waals surface area (Å²) >= 11 is 0. The second-order valence-corrected chi connectivity index (χ2v) is 24.2. The summed E-state index contributed by atoms with van der Waals surface area (Å²) in [5.41, 5.74) is 19.1. The fraction of sp³-hybridized carbons (Fsp3) is 0.234. The molecular weight excluding hydrogens is 1420 g/mol. The molecule has 12 aromatic rings. The number of nitrogen functional groups attached to an aromatic ring is 2. The van der Waals surface area contributed by atoms with Gasteiger partial charge in [0.2, 0.25) is 0 Å². The van der Waals surface area contributed by atoms with Crippen LogP contribution in [-0.4, -0.2) is 145 Å². The number of aromatic nitrogens is 3. The number of nitrogens with zero attached hydrogens (tertiary/aromatic N) is 7. The Bertz CT molecular complexity index is 5340. The molecule has 0 bridgehead atoms. The first kappa shape index (κ1) is 79.4. The second-order valence-electron chi connectivity index (χ2n) is 24.2. The number of hydrogen-bond acceptors (Lipinski definition) is 26. The number of carbonyl (C=O) groups excluding carboxylic acids is 2. The zero-order valence-corrected chi connectivity index (χ0v) is 60.4. The van der Waals surface area contributed by atoms with Crippen LogP contribution in [0, 0.1) is 20.2 Å². The van der Waals surface area contributed by atoms with E-state index in [9.17, 15) is 44.2 Å². The van der Waals surface area contributed by atoms with Gasteiger partial charge in [0.1, 0.15) is 46.0 Å². The number of nitro benzene ring substituents is 2. The maximum atomic E-state index is 12.3. The Morgan fingerprint density at radius 1 is 0.514 bits per heavy atom. The third-order valence-corrected chi connectivity index (χ3v) is 16.8. The van der Waals surface area contributed by atoms with Crippen molar-refractivity contribution in [2.24, 2.45) is 0 Å². The summed E-state index contributed by atoms with van der Waals surface area (Å²) in [6.45, 7) is 6.44. The molecule has 1 fully saturated rings. The highest BCUT2D eigenvalue weighted by Gasteiger charge is 2.22. The SMILES string of the molecule is COc1ccc(O)c(N)c1.COc1ccc(O)c([N+](=O)[O-])c1.COc1ccc2c(c1)CC(=O)O2.COc1ccc2oc(=O)n(Cc3cccc(N)c3)c2c1.COc1ccc2oc(=O)n(Cc3cccc(NC(=O)OCCCN4CCN(C)CC4)c3)c2c1.COc1ccc2oc(=O)n(Cc3cccc([N+](=O)[O-])c3)c2c1. The molecule has 2 aliphatic rings. The number of nitro groups is 2. The molecule has 0 atom stereocenters. The molecule has 0 unspecified atom stereocenters. The summed E-state index contributed by atoms with van der Waals surface area (Å²) in [6.07, 6.45) is 0.671. The monoisotopic (exact) mass is 1500 g/mol. The van der Waals surface area contributed by atoms with Crippen molar-refractivity contribution in [3.8, 4) is 51.7 Å². The van der Waals surface area contributed by atoms with Crippen LogP contribution < -0.4 is 67.2 Å². The van der Waals surface area contributed by atoms with E-state index in [-0.39, 0.29) is 35.4 Å². The summed E-state index contributed by atoms with van der Waals surface area (Å²) in [6, 6.07) is 50.3. The molecule has 109 heavy (non-hydrogen) atoms. The highest BCUT2D eigenvalue weighted by atomic mass is 16.6. The number of rotatable bonds is 19. The zero-order valence-electron chi connectivity index (χ0n) is 60.4. The number of hydrogen-bond donors (Lipinski definition) is 5. The fourth-order valence-electron chi connectivity index (χ4n) is 11.1. The standard InChI is InChI=1S/C24H30N4O5.C15H12N2O5.C15H14N2O3.C9H8O3.C7H7NO4.C7H9NO2/c1-26-10-12-27(13-11-26)9-4-14-32-23(29)25-19-6-3-5-18(15-19)17-28-21-16-20(31-2)7-8-22(21)33-24(28)30;1-21-12-5-6-14-13(8-12)16(15(18)22-14)9-10-3-2-4-11(7-10)17(19)20;1-19-12-5-6-14-13(8-12)17(15(18)20-14)9-10-3-2-4-11(16)7-10;1-11-7-2-3-8-6(4-7)5-9(10)12-8;1-12-5-2-3-7(9)6(4-5)8(10)11;1-10-5-2-3-7(9)6(8)4-5/h3,5-8,15-16H,4,9-14,17H2,1-2H3,(H,25,29);2-8H,9H2,1H3;2-8H,9,16H2,1H3;2-4H,5H2,1H3;2-4,9H,1H3;2-4,9H,8H2,1H3. The number of fused-ring (bicyclic) bond motifs is 4. The lowest BCUT2D eigenvalue weighted by atomic mass is 10.1. The minimum Gasteiger partial charge on any atom is -0.506 e. The van der Waals surface area contributed by atoms with Gasteiger partial charge in [-0.2, -0.15) is 0 Å². The number of piperazine rings is 1. The third kappa shape index (κ3) is 21.9. The van der Waals surface area contributed by atoms with Crippen LogP contribution in [0.25, 0.3) is 33.3 Å². The molecule has 570 valence electrons. The van der Waals surface area contributed by atoms with Crippen LogP contribution in [0.2, 0.25) is 0 Å².